The average Bonchev–Trinajstić information content (AvgIpc) is 2.97. The molecule has 5 nitrogen and oxygen atoms in total. The fourth-order valence-corrected chi connectivity index (χ4v) is 9.38. The third kappa shape index (κ3) is 7.85. The van der Waals surface area contributed by atoms with Gasteiger partial charge >= 0.3 is 0 Å². The summed E-state index contributed by atoms with van der Waals surface area (Å²) >= 11 is 3.55. The number of aromatic nitrogens is 2. The molecule has 2 aromatic carbocycles. The highest BCUT2D eigenvalue weighted by atomic mass is 79.9. The molecule has 0 aliphatic heterocycles. The number of nitrogens with one attached hydrogen (secondary N) is 1. The van der Waals surface area contributed by atoms with Crippen LogP contribution in [0.5, 0.6) is 11.5 Å². The van der Waals surface area contributed by atoms with Gasteiger partial charge in [0, 0.05) is 22.5 Å². The molecule has 1 heterocycles. The van der Waals surface area contributed by atoms with Crippen molar-refractivity contribution in [2.45, 2.75) is 110 Å². The first-order chi connectivity index (χ1) is 21.0. The van der Waals surface area contributed by atoms with Gasteiger partial charge in [-0.1, -0.05) is 73.0 Å². The van der Waals surface area contributed by atoms with E-state index in [4.69, 9.17) is 14.5 Å². The van der Waals surface area contributed by atoms with E-state index in [0.29, 0.717) is 13.2 Å². The fourth-order valence-electron chi connectivity index (χ4n) is 8.93. The van der Waals surface area contributed by atoms with Crippen LogP contribution in [0.3, 0.4) is 0 Å². The SMILES string of the molecule is COc1cc2c(NCc3cccc(Br)c3)nc(C)nc2cc1OCCCCCCCCCCC12CC3CC(CC(C3)C1)C2. The summed E-state index contributed by atoms with van der Waals surface area (Å²) in [6.07, 6.45) is 21.6. The van der Waals surface area contributed by atoms with E-state index in [2.05, 4.69) is 38.4 Å². The van der Waals surface area contributed by atoms with Gasteiger partial charge in [-0.3, -0.25) is 0 Å². The summed E-state index contributed by atoms with van der Waals surface area (Å²) in [7, 11) is 1.70. The predicted octanol–water partition coefficient (Wildman–Crippen LogP) is 10.4. The van der Waals surface area contributed by atoms with Gasteiger partial charge in [0.05, 0.1) is 19.2 Å². The summed E-state index contributed by atoms with van der Waals surface area (Å²) in [5, 5.41) is 4.42. The molecular weight excluding hydrogens is 598 g/mol. The predicted molar refractivity (Wildman–Crippen MR) is 180 cm³/mol. The van der Waals surface area contributed by atoms with Gasteiger partial charge in [-0.25, -0.2) is 9.97 Å². The number of ether oxygens (including phenoxy) is 2. The van der Waals surface area contributed by atoms with Crippen molar-refractivity contribution in [3.63, 3.8) is 0 Å². The number of anilines is 1. The number of fused-ring (bicyclic) bond motifs is 1. The van der Waals surface area contributed by atoms with Gasteiger partial charge in [0.25, 0.3) is 0 Å². The molecule has 6 heteroatoms. The minimum Gasteiger partial charge on any atom is -0.493 e. The van der Waals surface area contributed by atoms with Gasteiger partial charge in [-0.05, 0) is 105 Å². The Labute approximate surface area is 267 Å². The topological polar surface area (TPSA) is 56.3 Å². The summed E-state index contributed by atoms with van der Waals surface area (Å²) in [6, 6.07) is 12.3. The second kappa shape index (κ2) is 14.2. The summed E-state index contributed by atoms with van der Waals surface area (Å²) in [5.41, 5.74) is 2.81. The number of unbranched alkanes of at least 4 members (excludes halogenated alkanes) is 7. The Morgan fingerprint density at radius 2 is 1.51 bits per heavy atom. The van der Waals surface area contributed by atoms with Gasteiger partial charge in [-0.2, -0.15) is 0 Å². The minimum atomic E-state index is 0.674. The third-order valence-electron chi connectivity index (χ3n) is 10.5. The lowest BCUT2D eigenvalue weighted by atomic mass is 9.48. The maximum atomic E-state index is 6.21. The van der Waals surface area contributed by atoms with Crippen LogP contribution in [0.4, 0.5) is 5.82 Å². The summed E-state index contributed by atoms with van der Waals surface area (Å²) in [6.45, 7) is 3.30. The van der Waals surface area contributed by atoms with Crippen LogP contribution in [0.15, 0.2) is 40.9 Å². The van der Waals surface area contributed by atoms with E-state index in [1.807, 2.05) is 31.2 Å². The first kappa shape index (κ1) is 30.7. The second-order valence-electron chi connectivity index (χ2n) is 14.0. The molecule has 1 aromatic heterocycles. The van der Waals surface area contributed by atoms with Crippen LogP contribution in [-0.2, 0) is 6.54 Å². The van der Waals surface area contributed by atoms with Crippen molar-refractivity contribution in [1.82, 2.24) is 9.97 Å². The molecule has 0 radical (unpaired) electrons. The highest BCUT2D eigenvalue weighted by Gasteiger charge is 2.50. The Hall–Kier alpha value is -2.34. The van der Waals surface area contributed by atoms with Crippen LogP contribution in [0.1, 0.15) is 108 Å². The Morgan fingerprint density at radius 3 is 2.19 bits per heavy atom. The molecule has 0 spiro atoms. The lowest BCUT2D eigenvalue weighted by molar-refractivity contribution is -0.0583. The largest absolute Gasteiger partial charge is 0.493 e. The van der Waals surface area contributed by atoms with Crippen molar-refractivity contribution < 1.29 is 9.47 Å². The van der Waals surface area contributed by atoms with Crippen LogP contribution in [-0.4, -0.2) is 23.7 Å². The molecule has 4 fully saturated rings. The number of rotatable bonds is 16. The van der Waals surface area contributed by atoms with Crippen LogP contribution in [0, 0.1) is 30.1 Å². The number of hydrogen-bond acceptors (Lipinski definition) is 5. The standard InChI is InChI=1S/C37H50BrN3O2/c1-26-40-33-21-35(34(42-2)20-32(33)36(41-26)39-25-27-12-11-13-31(38)19-27)43-15-10-8-6-4-3-5-7-9-14-37-22-28-16-29(23-37)18-30(17-28)24-37/h11-13,19-21,28-30H,3-10,14-18,22-25H2,1-2H3,(H,39,40,41). The number of halogens is 1. The zero-order valence-corrected chi connectivity index (χ0v) is 27.9. The quantitative estimate of drug-likeness (QED) is 0.157. The van der Waals surface area contributed by atoms with Crippen molar-refractivity contribution >= 4 is 32.7 Å². The zero-order chi connectivity index (χ0) is 29.6. The van der Waals surface area contributed by atoms with Gasteiger partial charge < -0.3 is 14.8 Å². The number of aryl methyl sites for hydroxylation is 1. The minimum absolute atomic E-state index is 0.674. The monoisotopic (exact) mass is 647 g/mol. The Bertz CT molecular complexity index is 1340. The molecule has 0 saturated heterocycles. The molecular formula is C37H50BrN3O2. The Morgan fingerprint density at radius 1 is 0.837 bits per heavy atom. The van der Waals surface area contributed by atoms with Crippen molar-refractivity contribution in [3.8, 4) is 11.5 Å². The molecule has 0 atom stereocenters. The molecule has 1 N–H and O–H groups in total. The van der Waals surface area contributed by atoms with E-state index in [9.17, 15) is 0 Å². The summed E-state index contributed by atoms with van der Waals surface area (Å²) in [4.78, 5) is 9.37. The van der Waals surface area contributed by atoms with Gasteiger partial charge in [-0.15, -0.1) is 0 Å². The van der Waals surface area contributed by atoms with E-state index < -0.39 is 0 Å². The molecule has 4 saturated carbocycles. The smallest absolute Gasteiger partial charge is 0.163 e. The summed E-state index contributed by atoms with van der Waals surface area (Å²) < 4.78 is 13.0. The van der Waals surface area contributed by atoms with E-state index in [-0.39, 0.29) is 0 Å². The maximum absolute atomic E-state index is 6.21. The van der Waals surface area contributed by atoms with E-state index in [0.717, 1.165) is 68.1 Å². The lowest BCUT2D eigenvalue weighted by Gasteiger charge is -2.57. The molecule has 43 heavy (non-hydrogen) atoms. The fraction of sp³-hybridized carbons (Fsp3) is 0.622. The van der Waals surface area contributed by atoms with E-state index in [1.54, 1.807) is 45.6 Å². The number of hydrogen-bond donors (Lipinski definition) is 1. The third-order valence-corrected chi connectivity index (χ3v) is 11.0. The van der Waals surface area contributed by atoms with Crippen molar-refractivity contribution in [2.75, 3.05) is 19.0 Å². The van der Waals surface area contributed by atoms with Crippen LogP contribution < -0.4 is 14.8 Å². The first-order valence-electron chi connectivity index (χ1n) is 17.0. The normalized spacial score (nSPS) is 24.0. The average molecular weight is 649 g/mol. The van der Waals surface area contributed by atoms with E-state index >= 15 is 0 Å². The summed E-state index contributed by atoms with van der Waals surface area (Å²) in [5.74, 6) is 6.30. The van der Waals surface area contributed by atoms with Crippen LogP contribution in [0.2, 0.25) is 0 Å². The molecule has 0 unspecified atom stereocenters. The highest BCUT2D eigenvalue weighted by Crippen LogP contribution is 2.61. The second-order valence-corrected chi connectivity index (χ2v) is 14.9. The van der Waals surface area contributed by atoms with Gasteiger partial charge in [0.1, 0.15) is 11.6 Å². The molecule has 0 amide bonds. The van der Waals surface area contributed by atoms with Crippen molar-refractivity contribution in [3.05, 3.63) is 52.3 Å². The number of nitrogens with zero attached hydrogens (tertiary/aromatic N) is 2. The van der Waals surface area contributed by atoms with Crippen LogP contribution in [0.25, 0.3) is 10.9 Å². The van der Waals surface area contributed by atoms with Crippen LogP contribution >= 0.6 is 15.9 Å². The Balaban J connectivity index is 0.896. The van der Waals surface area contributed by atoms with Gasteiger partial charge in [0.2, 0.25) is 0 Å². The highest BCUT2D eigenvalue weighted by molar-refractivity contribution is 9.10. The molecule has 7 rings (SSSR count). The number of methoxy groups -OCH3 is 1. The molecule has 232 valence electrons. The maximum Gasteiger partial charge on any atom is 0.163 e. The molecule has 4 aliphatic rings. The van der Waals surface area contributed by atoms with Gasteiger partial charge in [0.15, 0.2) is 11.5 Å². The molecule has 4 aliphatic carbocycles. The first-order valence-corrected chi connectivity index (χ1v) is 17.8. The molecule has 3 aromatic rings. The molecule has 4 bridgehead atoms. The lowest BCUT2D eigenvalue weighted by Crippen LogP contribution is -2.45. The van der Waals surface area contributed by atoms with Crippen molar-refractivity contribution in [2.24, 2.45) is 23.2 Å². The zero-order valence-electron chi connectivity index (χ0n) is 26.3. The van der Waals surface area contributed by atoms with Crippen molar-refractivity contribution in [1.29, 1.82) is 0 Å². The number of benzene rings is 2. The van der Waals surface area contributed by atoms with E-state index in [1.165, 1.54) is 56.9 Å². The Kier molecular flexibility index (Phi) is 10.1.